The van der Waals surface area contributed by atoms with Gasteiger partial charge in [-0.15, -0.1) is 0 Å². The van der Waals surface area contributed by atoms with Gasteiger partial charge in [-0.2, -0.15) is 0 Å². The molecule has 1 atom stereocenters. The number of nitrogens with zero attached hydrogens (tertiary/aromatic N) is 2. The van der Waals surface area contributed by atoms with Gasteiger partial charge in [-0.1, -0.05) is 50.3 Å². The monoisotopic (exact) mass is 381 g/mol. The van der Waals surface area contributed by atoms with Gasteiger partial charge in [0, 0.05) is 11.3 Å². The van der Waals surface area contributed by atoms with Crippen LogP contribution in [0.4, 0.5) is 5.69 Å². The van der Waals surface area contributed by atoms with Crippen molar-refractivity contribution in [3.05, 3.63) is 29.8 Å². The van der Waals surface area contributed by atoms with Crippen LogP contribution in [0.3, 0.4) is 0 Å². The molecule has 150 valence electrons. The first kappa shape index (κ1) is 19.3. The number of nitrogens with one attached hydrogen (secondary N) is 1. The molecule has 5 heteroatoms. The highest BCUT2D eigenvalue weighted by Crippen LogP contribution is 2.35. The predicted octanol–water partition coefficient (Wildman–Crippen LogP) is 3.68. The lowest BCUT2D eigenvalue weighted by atomic mass is 9.76. The van der Waals surface area contributed by atoms with Gasteiger partial charge in [0.25, 0.3) is 5.91 Å². The van der Waals surface area contributed by atoms with Gasteiger partial charge in [0.15, 0.2) is 5.78 Å². The first-order chi connectivity index (χ1) is 13.6. The molecular formula is C23H31N3O2. The summed E-state index contributed by atoms with van der Waals surface area (Å²) < 4.78 is 0. The Bertz CT molecular complexity index is 759. The van der Waals surface area contributed by atoms with Crippen LogP contribution in [-0.2, 0) is 9.59 Å². The summed E-state index contributed by atoms with van der Waals surface area (Å²) in [4.78, 5) is 31.3. The number of likely N-dealkylation sites (tertiary alicyclic amines) is 1. The fourth-order valence-electron chi connectivity index (χ4n) is 5.18. The molecule has 0 radical (unpaired) electrons. The third-order valence-electron chi connectivity index (χ3n) is 6.74. The molecule has 1 N–H and O–H groups in total. The van der Waals surface area contributed by atoms with Crippen LogP contribution in [0.1, 0.15) is 57.4 Å². The molecule has 1 unspecified atom stereocenters. The molecule has 5 nitrogen and oxygen atoms in total. The molecule has 2 fully saturated rings. The van der Waals surface area contributed by atoms with E-state index < -0.39 is 6.04 Å². The Balaban J connectivity index is 1.37. The second-order valence-electron chi connectivity index (χ2n) is 8.64. The van der Waals surface area contributed by atoms with E-state index in [0.29, 0.717) is 12.3 Å². The number of hydrogen-bond donors (Lipinski definition) is 1. The first-order valence-electron chi connectivity index (χ1n) is 10.8. The standard InChI is InChI=1S/C23H31N3O2/c1-16(27)22-23(19-9-5-6-10-20(19)24-22)25-21(28)15-26-13-11-18(12-14-26)17-7-3-2-4-8-17/h5-6,9-10,17-18,22,24H,2-4,7-8,11-15H2,1H3. The van der Waals surface area contributed by atoms with E-state index in [4.69, 9.17) is 0 Å². The van der Waals surface area contributed by atoms with Crippen LogP contribution in [0, 0.1) is 11.8 Å². The molecule has 28 heavy (non-hydrogen) atoms. The molecule has 0 aromatic heterocycles. The van der Waals surface area contributed by atoms with Crippen LogP contribution in [0.15, 0.2) is 29.3 Å². The lowest BCUT2D eigenvalue weighted by Crippen LogP contribution is -2.39. The minimum Gasteiger partial charge on any atom is -0.370 e. The zero-order valence-corrected chi connectivity index (χ0v) is 16.8. The number of amides is 1. The Morgan fingerprint density at radius 2 is 1.71 bits per heavy atom. The highest BCUT2D eigenvalue weighted by atomic mass is 16.1. The highest BCUT2D eigenvalue weighted by Gasteiger charge is 2.32. The van der Waals surface area contributed by atoms with E-state index in [1.165, 1.54) is 44.9 Å². The van der Waals surface area contributed by atoms with E-state index in [1.54, 1.807) is 6.92 Å². The summed E-state index contributed by atoms with van der Waals surface area (Å²) in [5, 5.41) is 3.19. The number of Topliss-reactive ketones (excluding diaryl/α,β-unsaturated/α-hetero) is 1. The van der Waals surface area contributed by atoms with Gasteiger partial charge in [-0.05, 0) is 50.8 Å². The number of benzene rings is 1. The molecule has 1 amide bonds. The van der Waals surface area contributed by atoms with Gasteiger partial charge in [0.05, 0.1) is 12.3 Å². The summed E-state index contributed by atoms with van der Waals surface area (Å²) in [5.41, 5.74) is 2.32. The fourth-order valence-corrected chi connectivity index (χ4v) is 5.18. The number of carbonyl (C=O) groups is 2. The third-order valence-corrected chi connectivity index (χ3v) is 6.74. The summed E-state index contributed by atoms with van der Waals surface area (Å²) >= 11 is 0. The molecule has 1 aliphatic carbocycles. The number of hydrogen-bond acceptors (Lipinski definition) is 4. The van der Waals surface area contributed by atoms with Crippen molar-refractivity contribution in [1.29, 1.82) is 0 Å². The molecule has 1 aromatic carbocycles. The second-order valence-corrected chi connectivity index (χ2v) is 8.64. The molecule has 0 spiro atoms. The zero-order valence-electron chi connectivity index (χ0n) is 16.8. The molecule has 1 aromatic rings. The van der Waals surface area contributed by atoms with Gasteiger partial charge in [0.2, 0.25) is 0 Å². The summed E-state index contributed by atoms with van der Waals surface area (Å²) in [6, 6.07) is 7.17. The van der Waals surface area contributed by atoms with Crippen molar-refractivity contribution >= 4 is 23.1 Å². The number of aliphatic imine (C=N–C) groups is 1. The SMILES string of the molecule is CC(=O)C1Nc2ccccc2C1=NC(=O)CN1CCC(C2CCCCC2)CC1. The molecule has 0 bridgehead atoms. The maximum absolute atomic E-state index is 12.7. The molecule has 3 aliphatic rings. The number of fused-ring (bicyclic) bond motifs is 1. The number of piperidine rings is 1. The fraction of sp³-hybridized carbons (Fsp3) is 0.609. The molecule has 2 heterocycles. The van der Waals surface area contributed by atoms with Gasteiger partial charge < -0.3 is 5.32 Å². The van der Waals surface area contributed by atoms with Crippen LogP contribution in [0.25, 0.3) is 0 Å². The minimum atomic E-state index is -0.515. The Morgan fingerprint density at radius 1 is 1.04 bits per heavy atom. The molecular weight excluding hydrogens is 350 g/mol. The van der Waals surface area contributed by atoms with E-state index in [1.807, 2.05) is 24.3 Å². The van der Waals surface area contributed by atoms with Crippen molar-refractivity contribution in [2.45, 2.75) is 57.9 Å². The average molecular weight is 382 g/mol. The smallest absolute Gasteiger partial charge is 0.260 e. The van der Waals surface area contributed by atoms with Gasteiger partial charge in [-0.3, -0.25) is 14.5 Å². The van der Waals surface area contributed by atoms with E-state index in [0.717, 1.165) is 36.2 Å². The number of ketones is 1. The highest BCUT2D eigenvalue weighted by molar-refractivity contribution is 6.26. The van der Waals surface area contributed by atoms with Gasteiger partial charge in [-0.25, -0.2) is 4.99 Å². The van der Waals surface area contributed by atoms with Crippen molar-refractivity contribution in [1.82, 2.24) is 4.90 Å². The molecule has 4 rings (SSSR count). The largest absolute Gasteiger partial charge is 0.370 e. The summed E-state index contributed by atoms with van der Waals surface area (Å²) in [7, 11) is 0. The minimum absolute atomic E-state index is 0.0175. The Hall–Kier alpha value is -2.01. The second kappa shape index (κ2) is 8.56. The number of rotatable bonds is 4. The maximum Gasteiger partial charge on any atom is 0.260 e. The topological polar surface area (TPSA) is 61.8 Å². The summed E-state index contributed by atoms with van der Waals surface area (Å²) in [6.45, 7) is 3.87. The summed E-state index contributed by atoms with van der Waals surface area (Å²) in [6.07, 6.45) is 9.40. The van der Waals surface area contributed by atoms with Crippen molar-refractivity contribution in [2.24, 2.45) is 16.8 Å². The number of anilines is 1. The molecule has 2 aliphatic heterocycles. The van der Waals surface area contributed by atoms with Crippen LogP contribution in [-0.4, -0.2) is 48.0 Å². The van der Waals surface area contributed by atoms with Crippen molar-refractivity contribution < 1.29 is 9.59 Å². The Labute approximate surface area is 167 Å². The van der Waals surface area contributed by atoms with E-state index in [2.05, 4.69) is 15.2 Å². The lowest BCUT2D eigenvalue weighted by Gasteiger charge is -2.37. The summed E-state index contributed by atoms with van der Waals surface area (Å²) in [5.74, 6) is 1.59. The van der Waals surface area contributed by atoms with E-state index in [-0.39, 0.29) is 11.7 Å². The zero-order chi connectivity index (χ0) is 19.5. The van der Waals surface area contributed by atoms with Crippen LogP contribution >= 0.6 is 0 Å². The molecule has 1 saturated carbocycles. The van der Waals surface area contributed by atoms with Gasteiger partial charge >= 0.3 is 0 Å². The van der Waals surface area contributed by atoms with Crippen LogP contribution in [0.5, 0.6) is 0 Å². The number of para-hydroxylation sites is 1. The molecule has 1 saturated heterocycles. The number of carbonyl (C=O) groups excluding carboxylic acids is 2. The average Bonchev–Trinajstić information content (AvgIpc) is 3.08. The Morgan fingerprint density at radius 3 is 2.43 bits per heavy atom. The van der Waals surface area contributed by atoms with Crippen molar-refractivity contribution in [2.75, 3.05) is 25.0 Å². The third kappa shape index (κ3) is 4.19. The van der Waals surface area contributed by atoms with Crippen molar-refractivity contribution in [3.8, 4) is 0 Å². The predicted molar refractivity (Wildman–Crippen MR) is 112 cm³/mol. The van der Waals surface area contributed by atoms with Crippen LogP contribution in [0.2, 0.25) is 0 Å². The van der Waals surface area contributed by atoms with Gasteiger partial charge in [0.1, 0.15) is 6.04 Å². The van der Waals surface area contributed by atoms with Crippen LogP contribution < -0.4 is 5.32 Å². The first-order valence-corrected chi connectivity index (χ1v) is 10.8. The lowest BCUT2D eigenvalue weighted by molar-refractivity contribution is -0.119. The quantitative estimate of drug-likeness (QED) is 0.864. The normalized spacial score (nSPS) is 25.5. The van der Waals surface area contributed by atoms with E-state index in [9.17, 15) is 9.59 Å². The maximum atomic E-state index is 12.7. The van der Waals surface area contributed by atoms with Crippen molar-refractivity contribution in [3.63, 3.8) is 0 Å². The Kier molecular flexibility index (Phi) is 5.90. The van der Waals surface area contributed by atoms with E-state index >= 15 is 0 Å².